The number of rotatable bonds is 6. The summed E-state index contributed by atoms with van der Waals surface area (Å²) >= 11 is 0. The van der Waals surface area contributed by atoms with E-state index in [9.17, 15) is 0 Å². The van der Waals surface area contributed by atoms with E-state index >= 15 is 0 Å². The number of methoxy groups -OCH3 is 2. The average Bonchev–Trinajstić information content (AvgIpc) is 2.77. The number of para-hydroxylation sites is 1. The summed E-state index contributed by atoms with van der Waals surface area (Å²) in [5.74, 6) is 1.69. The van der Waals surface area contributed by atoms with Gasteiger partial charge in [-0.25, -0.2) is 10.4 Å². The normalized spacial score (nSPS) is 12.9. The van der Waals surface area contributed by atoms with E-state index in [1.54, 1.807) is 14.2 Å². The largest absolute Gasteiger partial charge is 0.497 e. The van der Waals surface area contributed by atoms with Crippen LogP contribution in [0.4, 0.5) is 11.4 Å². The Morgan fingerprint density at radius 1 is 0.931 bits per heavy atom. The van der Waals surface area contributed by atoms with Gasteiger partial charge in [-0.2, -0.15) is 0 Å². The third-order valence-electron chi connectivity index (χ3n) is 5.09. The van der Waals surface area contributed by atoms with Gasteiger partial charge in [0.1, 0.15) is 11.5 Å². The number of ether oxygens (including phenoxy) is 2. The number of aryl methyl sites for hydroxylation is 1. The van der Waals surface area contributed by atoms with Crippen LogP contribution in [0.3, 0.4) is 0 Å². The van der Waals surface area contributed by atoms with Crippen molar-refractivity contribution >= 4 is 17.1 Å². The molecule has 4 rings (SSSR count). The predicted molar refractivity (Wildman–Crippen MR) is 118 cm³/mol. The number of hydrogen-bond acceptors (Lipinski definition) is 5. The average molecular weight is 387 g/mol. The minimum Gasteiger partial charge on any atom is -0.497 e. The van der Waals surface area contributed by atoms with Crippen molar-refractivity contribution in [3.05, 3.63) is 83.4 Å². The number of anilines is 1. The van der Waals surface area contributed by atoms with Gasteiger partial charge in [-0.1, -0.05) is 36.4 Å². The zero-order chi connectivity index (χ0) is 20.2. The zero-order valence-corrected chi connectivity index (χ0v) is 17.0. The van der Waals surface area contributed by atoms with Crippen molar-refractivity contribution < 1.29 is 9.47 Å². The van der Waals surface area contributed by atoms with Crippen molar-refractivity contribution in [1.82, 2.24) is 5.43 Å². The Morgan fingerprint density at radius 2 is 1.69 bits per heavy atom. The van der Waals surface area contributed by atoms with Gasteiger partial charge in [0.15, 0.2) is 0 Å². The molecule has 0 radical (unpaired) electrons. The Bertz CT molecular complexity index is 1030. The van der Waals surface area contributed by atoms with Gasteiger partial charge in [-0.15, -0.1) is 0 Å². The van der Waals surface area contributed by atoms with E-state index < -0.39 is 0 Å². The quantitative estimate of drug-likeness (QED) is 0.668. The molecule has 0 atom stereocenters. The Balaban J connectivity index is 1.62. The molecule has 0 aromatic heterocycles. The molecule has 0 fully saturated rings. The molecule has 1 N–H and O–H groups in total. The Morgan fingerprint density at radius 3 is 2.45 bits per heavy atom. The van der Waals surface area contributed by atoms with E-state index in [4.69, 9.17) is 14.5 Å². The van der Waals surface area contributed by atoms with Gasteiger partial charge in [0.25, 0.3) is 0 Å². The SMILES string of the molecule is COc1ccc(CNN2CC(c3cccc(OC)c3)=Nc3cccc(C)c32)cc1. The second kappa shape index (κ2) is 8.37. The number of hydrogen-bond donors (Lipinski definition) is 1. The molecule has 1 heterocycles. The smallest absolute Gasteiger partial charge is 0.119 e. The second-order valence-corrected chi connectivity index (χ2v) is 7.00. The number of hydrazine groups is 1. The van der Waals surface area contributed by atoms with Crippen LogP contribution in [0.2, 0.25) is 0 Å². The highest BCUT2D eigenvalue weighted by Gasteiger charge is 2.22. The van der Waals surface area contributed by atoms with Crippen LogP contribution in [0.5, 0.6) is 11.5 Å². The van der Waals surface area contributed by atoms with Crippen LogP contribution < -0.4 is 19.9 Å². The fourth-order valence-corrected chi connectivity index (χ4v) is 3.52. The molecule has 0 aliphatic carbocycles. The van der Waals surface area contributed by atoms with Crippen molar-refractivity contribution in [2.75, 3.05) is 25.8 Å². The molecular formula is C24H25N3O2. The molecule has 0 unspecified atom stereocenters. The topological polar surface area (TPSA) is 46.1 Å². The van der Waals surface area contributed by atoms with Crippen LogP contribution in [0.15, 0.2) is 71.7 Å². The fraction of sp³-hybridized carbons (Fsp3) is 0.208. The van der Waals surface area contributed by atoms with Gasteiger partial charge in [0, 0.05) is 12.1 Å². The van der Waals surface area contributed by atoms with E-state index in [1.807, 2.05) is 36.4 Å². The summed E-state index contributed by atoms with van der Waals surface area (Å²) < 4.78 is 10.6. The monoisotopic (exact) mass is 387 g/mol. The number of nitrogens with one attached hydrogen (secondary N) is 1. The molecule has 1 aliphatic rings. The minimum atomic E-state index is 0.668. The molecule has 29 heavy (non-hydrogen) atoms. The first-order chi connectivity index (χ1) is 14.2. The number of fused-ring (bicyclic) bond motifs is 1. The number of aliphatic imine (C=N–C) groups is 1. The summed E-state index contributed by atoms with van der Waals surface area (Å²) in [6.45, 7) is 3.50. The first-order valence-corrected chi connectivity index (χ1v) is 9.63. The van der Waals surface area contributed by atoms with E-state index in [-0.39, 0.29) is 0 Å². The maximum absolute atomic E-state index is 5.39. The van der Waals surface area contributed by atoms with E-state index in [1.165, 1.54) is 11.1 Å². The summed E-state index contributed by atoms with van der Waals surface area (Å²) in [5, 5.41) is 2.19. The highest BCUT2D eigenvalue weighted by molar-refractivity contribution is 6.07. The lowest BCUT2D eigenvalue weighted by molar-refractivity contribution is 0.414. The maximum atomic E-state index is 5.39. The summed E-state index contributed by atoms with van der Waals surface area (Å²) in [5.41, 5.74) is 10.1. The summed E-state index contributed by atoms with van der Waals surface area (Å²) in [6.07, 6.45) is 0. The zero-order valence-electron chi connectivity index (χ0n) is 17.0. The number of nitrogens with zero attached hydrogens (tertiary/aromatic N) is 2. The Hall–Kier alpha value is -3.31. The molecule has 0 bridgehead atoms. The maximum Gasteiger partial charge on any atom is 0.119 e. The molecule has 0 amide bonds. The van der Waals surface area contributed by atoms with Crippen LogP contribution in [0.25, 0.3) is 0 Å². The molecular weight excluding hydrogens is 362 g/mol. The predicted octanol–water partition coefficient (Wildman–Crippen LogP) is 4.66. The Kier molecular flexibility index (Phi) is 5.49. The molecule has 148 valence electrons. The van der Waals surface area contributed by atoms with Gasteiger partial charge in [0.2, 0.25) is 0 Å². The van der Waals surface area contributed by atoms with Crippen molar-refractivity contribution in [1.29, 1.82) is 0 Å². The third-order valence-corrected chi connectivity index (χ3v) is 5.09. The van der Waals surface area contributed by atoms with Crippen LogP contribution in [-0.4, -0.2) is 26.5 Å². The van der Waals surface area contributed by atoms with Gasteiger partial charge >= 0.3 is 0 Å². The van der Waals surface area contributed by atoms with E-state index in [0.29, 0.717) is 13.1 Å². The molecule has 0 spiro atoms. The van der Waals surface area contributed by atoms with Crippen LogP contribution in [-0.2, 0) is 6.54 Å². The second-order valence-electron chi connectivity index (χ2n) is 7.00. The molecule has 0 saturated heterocycles. The lowest BCUT2D eigenvalue weighted by atomic mass is 10.1. The molecule has 0 saturated carbocycles. The van der Waals surface area contributed by atoms with Crippen LogP contribution in [0.1, 0.15) is 16.7 Å². The summed E-state index contributed by atoms with van der Waals surface area (Å²) in [7, 11) is 3.36. The first-order valence-electron chi connectivity index (χ1n) is 9.63. The van der Waals surface area contributed by atoms with Crippen molar-refractivity contribution in [3.8, 4) is 11.5 Å². The van der Waals surface area contributed by atoms with E-state index in [0.717, 1.165) is 34.1 Å². The minimum absolute atomic E-state index is 0.668. The fourth-order valence-electron chi connectivity index (χ4n) is 3.52. The first kappa shape index (κ1) is 19.0. The molecule has 1 aliphatic heterocycles. The summed E-state index contributed by atoms with van der Waals surface area (Å²) in [4.78, 5) is 4.94. The molecule has 5 nitrogen and oxygen atoms in total. The Labute approximate surface area is 171 Å². The van der Waals surface area contributed by atoms with Gasteiger partial charge in [-0.3, -0.25) is 5.01 Å². The molecule has 3 aromatic carbocycles. The van der Waals surface area contributed by atoms with Crippen molar-refractivity contribution in [2.45, 2.75) is 13.5 Å². The van der Waals surface area contributed by atoms with Crippen LogP contribution in [0, 0.1) is 6.92 Å². The van der Waals surface area contributed by atoms with Crippen LogP contribution >= 0.6 is 0 Å². The standard InChI is InChI=1S/C24H25N3O2/c1-17-6-4-9-22-24(17)27(25-15-18-10-12-20(28-2)13-11-18)16-23(26-22)19-7-5-8-21(14-19)29-3/h4-14,25H,15-16H2,1-3H3. The number of benzene rings is 3. The molecule has 5 heteroatoms. The van der Waals surface area contributed by atoms with Crippen molar-refractivity contribution in [3.63, 3.8) is 0 Å². The van der Waals surface area contributed by atoms with Crippen molar-refractivity contribution in [2.24, 2.45) is 4.99 Å². The summed E-state index contributed by atoms with van der Waals surface area (Å²) in [6, 6.07) is 22.4. The van der Waals surface area contributed by atoms with Gasteiger partial charge < -0.3 is 9.47 Å². The lowest BCUT2D eigenvalue weighted by Crippen LogP contribution is -2.43. The molecule has 3 aromatic rings. The highest BCUT2D eigenvalue weighted by Crippen LogP contribution is 2.35. The van der Waals surface area contributed by atoms with E-state index in [2.05, 4.69) is 47.7 Å². The van der Waals surface area contributed by atoms with Gasteiger partial charge in [0.05, 0.1) is 37.9 Å². The lowest BCUT2D eigenvalue weighted by Gasteiger charge is -2.32. The third kappa shape index (κ3) is 4.10. The highest BCUT2D eigenvalue weighted by atomic mass is 16.5. The van der Waals surface area contributed by atoms with Gasteiger partial charge in [-0.05, 0) is 48.4 Å².